The SMILES string of the molecule is CN1CCC(COCC2CC2)CC12CN(c1ncc(F)cn1)C2. The van der Waals surface area contributed by atoms with Crippen LogP contribution in [0, 0.1) is 17.7 Å². The topological polar surface area (TPSA) is 41.5 Å². The van der Waals surface area contributed by atoms with Crippen molar-refractivity contribution in [3.8, 4) is 0 Å². The lowest BCUT2D eigenvalue weighted by Gasteiger charge is -2.58. The third-order valence-electron chi connectivity index (χ3n) is 5.62. The number of ether oxygens (including phenoxy) is 1. The van der Waals surface area contributed by atoms with Gasteiger partial charge in [0.05, 0.1) is 17.9 Å². The van der Waals surface area contributed by atoms with E-state index in [1.165, 1.54) is 38.1 Å². The van der Waals surface area contributed by atoms with Gasteiger partial charge in [-0.2, -0.15) is 0 Å². The highest BCUT2D eigenvalue weighted by atomic mass is 19.1. The molecule has 1 unspecified atom stereocenters. The monoisotopic (exact) mass is 320 g/mol. The molecule has 1 saturated carbocycles. The van der Waals surface area contributed by atoms with Crippen molar-refractivity contribution < 1.29 is 9.13 Å². The van der Waals surface area contributed by atoms with Crippen LogP contribution < -0.4 is 4.90 Å². The highest BCUT2D eigenvalue weighted by Crippen LogP contribution is 2.39. The van der Waals surface area contributed by atoms with Gasteiger partial charge in [-0.3, -0.25) is 4.90 Å². The molecule has 0 bridgehead atoms. The summed E-state index contributed by atoms with van der Waals surface area (Å²) in [6, 6.07) is 0. The Bertz CT molecular complexity index is 542. The number of aromatic nitrogens is 2. The number of piperidine rings is 1. The molecule has 3 aliphatic rings. The molecule has 126 valence electrons. The minimum atomic E-state index is -0.383. The summed E-state index contributed by atoms with van der Waals surface area (Å²) in [5.41, 5.74) is 0.212. The van der Waals surface area contributed by atoms with E-state index in [4.69, 9.17) is 4.74 Å². The van der Waals surface area contributed by atoms with Gasteiger partial charge in [-0.1, -0.05) is 0 Å². The molecule has 3 fully saturated rings. The summed E-state index contributed by atoms with van der Waals surface area (Å²) < 4.78 is 18.9. The summed E-state index contributed by atoms with van der Waals surface area (Å²) in [6.45, 7) is 4.83. The Kier molecular flexibility index (Phi) is 3.97. The second-order valence-corrected chi connectivity index (χ2v) is 7.54. The van der Waals surface area contributed by atoms with Crippen LogP contribution in [0.2, 0.25) is 0 Å². The second kappa shape index (κ2) is 5.98. The van der Waals surface area contributed by atoms with Crippen LogP contribution in [0.1, 0.15) is 25.7 Å². The summed E-state index contributed by atoms with van der Waals surface area (Å²) in [5, 5.41) is 0. The summed E-state index contributed by atoms with van der Waals surface area (Å²) in [7, 11) is 2.21. The van der Waals surface area contributed by atoms with Gasteiger partial charge in [0.15, 0.2) is 5.82 Å². The van der Waals surface area contributed by atoms with E-state index in [9.17, 15) is 4.39 Å². The summed E-state index contributed by atoms with van der Waals surface area (Å²) in [6.07, 6.45) is 7.58. The third kappa shape index (κ3) is 3.19. The third-order valence-corrected chi connectivity index (χ3v) is 5.62. The molecule has 0 radical (unpaired) electrons. The van der Waals surface area contributed by atoms with Gasteiger partial charge in [0.25, 0.3) is 0 Å². The molecule has 1 aliphatic carbocycles. The van der Waals surface area contributed by atoms with E-state index in [0.29, 0.717) is 11.9 Å². The standard InChI is InChI=1S/C17H25FN4O/c1-21-5-4-14(10-23-9-13-2-3-13)6-17(21)11-22(12-17)16-19-7-15(18)8-20-16/h7-8,13-14H,2-6,9-12H2,1H3. The number of hydrogen-bond donors (Lipinski definition) is 0. The molecule has 1 spiro atoms. The molecular formula is C17H25FN4O. The Morgan fingerprint density at radius 3 is 2.57 bits per heavy atom. The van der Waals surface area contributed by atoms with Crippen LogP contribution >= 0.6 is 0 Å². The number of likely N-dealkylation sites (N-methyl/N-ethyl adjacent to an activating group) is 1. The van der Waals surface area contributed by atoms with Crippen molar-refractivity contribution in [2.24, 2.45) is 11.8 Å². The average molecular weight is 320 g/mol. The van der Waals surface area contributed by atoms with Crippen LogP contribution in [-0.2, 0) is 4.74 Å². The predicted molar refractivity (Wildman–Crippen MR) is 85.8 cm³/mol. The first-order chi connectivity index (χ1) is 11.1. The molecule has 4 rings (SSSR count). The van der Waals surface area contributed by atoms with Gasteiger partial charge in [-0.05, 0) is 51.1 Å². The second-order valence-electron chi connectivity index (χ2n) is 7.54. The van der Waals surface area contributed by atoms with Crippen LogP contribution in [0.4, 0.5) is 10.3 Å². The fourth-order valence-electron chi connectivity index (χ4n) is 3.88. The van der Waals surface area contributed by atoms with Crippen LogP contribution in [0.3, 0.4) is 0 Å². The molecule has 23 heavy (non-hydrogen) atoms. The number of anilines is 1. The van der Waals surface area contributed by atoms with E-state index in [-0.39, 0.29) is 11.4 Å². The van der Waals surface area contributed by atoms with E-state index >= 15 is 0 Å². The van der Waals surface area contributed by atoms with Crippen molar-refractivity contribution in [1.29, 1.82) is 0 Å². The zero-order chi connectivity index (χ0) is 15.9. The summed E-state index contributed by atoms with van der Waals surface area (Å²) >= 11 is 0. The van der Waals surface area contributed by atoms with E-state index < -0.39 is 0 Å². The summed E-state index contributed by atoms with van der Waals surface area (Å²) in [4.78, 5) is 12.8. The molecule has 2 aliphatic heterocycles. The first-order valence-corrected chi connectivity index (χ1v) is 8.66. The van der Waals surface area contributed by atoms with Gasteiger partial charge < -0.3 is 9.64 Å². The highest BCUT2D eigenvalue weighted by molar-refractivity contribution is 5.38. The quantitative estimate of drug-likeness (QED) is 0.829. The maximum atomic E-state index is 12.9. The lowest BCUT2D eigenvalue weighted by Crippen LogP contribution is -2.72. The lowest BCUT2D eigenvalue weighted by molar-refractivity contribution is -0.0140. The molecule has 5 nitrogen and oxygen atoms in total. The Hall–Kier alpha value is -1.27. The van der Waals surface area contributed by atoms with E-state index in [0.717, 1.165) is 38.8 Å². The fraction of sp³-hybridized carbons (Fsp3) is 0.765. The molecule has 2 saturated heterocycles. The molecule has 0 amide bonds. The Morgan fingerprint density at radius 1 is 1.17 bits per heavy atom. The Morgan fingerprint density at radius 2 is 1.87 bits per heavy atom. The molecule has 1 aromatic rings. The van der Waals surface area contributed by atoms with Crippen molar-refractivity contribution in [3.05, 3.63) is 18.2 Å². The number of likely N-dealkylation sites (tertiary alicyclic amines) is 1. The minimum Gasteiger partial charge on any atom is -0.381 e. The van der Waals surface area contributed by atoms with Gasteiger partial charge in [0, 0.05) is 26.3 Å². The van der Waals surface area contributed by atoms with Gasteiger partial charge in [-0.15, -0.1) is 0 Å². The van der Waals surface area contributed by atoms with Crippen molar-refractivity contribution >= 4 is 5.95 Å². The van der Waals surface area contributed by atoms with Crippen molar-refractivity contribution in [3.63, 3.8) is 0 Å². The number of rotatable bonds is 5. The average Bonchev–Trinajstić information content (AvgIpc) is 3.32. The fourth-order valence-corrected chi connectivity index (χ4v) is 3.88. The molecule has 3 heterocycles. The van der Waals surface area contributed by atoms with Crippen LogP contribution in [0.5, 0.6) is 0 Å². The maximum Gasteiger partial charge on any atom is 0.225 e. The molecular weight excluding hydrogens is 295 g/mol. The normalized spacial score (nSPS) is 27.2. The van der Waals surface area contributed by atoms with Gasteiger partial charge >= 0.3 is 0 Å². The first kappa shape index (κ1) is 15.3. The van der Waals surface area contributed by atoms with Crippen molar-refractivity contribution in [2.45, 2.75) is 31.2 Å². The van der Waals surface area contributed by atoms with Crippen LogP contribution in [-0.4, -0.2) is 60.3 Å². The molecule has 1 aromatic heterocycles. The number of nitrogens with zero attached hydrogens (tertiary/aromatic N) is 4. The molecule has 1 atom stereocenters. The zero-order valence-corrected chi connectivity index (χ0v) is 13.7. The Labute approximate surface area is 136 Å². The highest BCUT2D eigenvalue weighted by Gasteiger charge is 2.50. The number of hydrogen-bond acceptors (Lipinski definition) is 5. The smallest absolute Gasteiger partial charge is 0.225 e. The number of halogens is 1. The van der Waals surface area contributed by atoms with Crippen LogP contribution in [0.25, 0.3) is 0 Å². The molecule has 6 heteroatoms. The van der Waals surface area contributed by atoms with Gasteiger partial charge in [0.1, 0.15) is 0 Å². The molecule has 0 aromatic carbocycles. The predicted octanol–water partition coefficient (Wildman–Crippen LogP) is 1.94. The van der Waals surface area contributed by atoms with Crippen LogP contribution in [0.15, 0.2) is 12.4 Å². The minimum absolute atomic E-state index is 0.212. The van der Waals surface area contributed by atoms with E-state index in [2.05, 4.69) is 26.8 Å². The van der Waals surface area contributed by atoms with Crippen molar-refractivity contribution in [1.82, 2.24) is 14.9 Å². The van der Waals surface area contributed by atoms with Gasteiger partial charge in [0.2, 0.25) is 5.95 Å². The van der Waals surface area contributed by atoms with E-state index in [1.807, 2.05) is 0 Å². The lowest BCUT2D eigenvalue weighted by atomic mass is 9.75. The van der Waals surface area contributed by atoms with Gasteiger partial charge in [-0.25, -0.2) is 14.4 Å². The van der Waals surface area contributed by atoms with Crippen molar-refractivity contribution in [2.75, 3.05) is 44.8 Å². The summed E-state index contributed by atoms with van der Waals surface area (Å²) in [5.74, 6) is 1.75. The first-order valence-electron chi connectivity index (χ1n) is 8.66. The Balaban J connectivity index is 1.32. The largest absolute Gasteiger partial charge is 0.381 e. The molecule has 0 N–H and O–H groups in total. The van der Waals surface area contributed by atoms with E-state index in [1.54, 1.807) is 0 Å². The maximum absolute atomic E-state index is 12.9. The zero-order valence-electron chi connectivity index (χ0n) is 13.7.